The first-order valence-corrected chi connectivity index (χ1v) is 12.8. The first-order valence-electron chi connectivity index (χ1n) is 9.44. The van der Waals surface area contributed by atoms with E-state index in [0.717, 1.165) is 23.8 Å². The molecule has 178 valence electrons. The second-order valence-corrected chi connectivity index (χ2v) is 10.8. The van der Waals surface area contributed by atoms with Gasteiger partial charge in [0.15, 0.2) is 0 Å². The van der Waals surface area contributed by atoms with E-state index in [0.29, 0.717) is 23.3 Å². The molecule has 0 saturated heterocycles. The molecule has 0 atom stereocenters. The van der Waals surface area contributed by atoms with Crippen LogP contribution in [0.2, 0.25) is 0 Å². The molecule has 3 rings (SSSR count). The molecule has 3 aromatic rings. The van der Waals surface area contributed by atoms with Gasteiger partial charge < -0.3 is 10.4 Å². The van der Waals surface area contributed by atoms with Crippen LogP contribution in [0.15, 0.2) is 75.8 Å². The Bertz CT molecular complexity index is 1490. The Morgan fingerprint density at radius 3 is 2.24 bits per heavy atom. The quantitative estimate of drug-likeness (QED) is 0.233. The fourth-order valence-corrected chi connectivity index (χ4v) is 5.27. The summed E-state index contributed by atoms with van der Waals surface area (Å²) in [7, 11) is -8.62. The molecule has 3 aromatic carbocycles. The van der Waals surface area contributed by atoms with Gasteiger partial charge in [0.2, 0.25) is 10.0 Å². The van der Waals surface area contributed by atoms with Crippen molar-refractivity contribution in [3.63, 3.8) is 0 Å². The number of azo groups is 1. The Morgan fingerprint density at radius 1 is 0.941 bits per heavy atom. The number of sulfonamides is 2. The Kier molecular flexibility index (Phi) is 6.95. The zero-order valence-corrected chi connectivity index (χ0v) is 19.5. The molecule has 12 nitrogen and oxygen atoms in total. The average molecular weight is 506 g/mol. The van der Waals surface area contributed by atoms with E-state index in [1.165, 1.54) is 10.2 Å². The molecule has 0 saturated carbocycles. The maximum atomic E-state index is 12.2. The van der Waals surface area contributed by atoms with Crippen LogP contribution in [0.4, 0.5) is 28.4 Å². The predicted octanol–water partition coefficient (Wildman–Crippen LogP) is 4.01. The van der Waals surface area contributed by atoms with Gasteiger partial charge in [-0.15, -0.1) is 9.24 Å². The highest BCUT2D eigenvalue weighted by molar-refractivity contribution is 8.04. The molecule has 0 aliphatic carbocycles. The van der Waals surface area contributed by atoms with Gasteiger partial charge in [-0.1, -0.05) is 6.07 Å². The lowest BCUT2D eigenvalue weighted by Crippen LogP contribution is -2.29. The number of aromatic hydroxyl groups is 1. The van der Waals surface area contributed by atoms with Crippen LogP contribution in [0.5, 0.6) is 5.75 Å². The van der Waals surface area contributed by atoms with Crippen LogP contribution in [-0.2, 0) is 20.0 Å². The van der Waals surface area contributed by atoms with Crippen LogP contribution >= 0.6 is 0 Å². The predicted molar refractivity (Wildman–Crippen MR) is 125 cm³/mol. The molecule has 0 unspecified atom stereocenters. The summed E-state index contributed by atoms with van der Waals surface area (Å²) in [5.41, 5.74) is 1.51. The van der Waals surface area contributed by atoms with Gasteiger partial charge in [0, 0.05) is 11.8 Å². The molecule has 3 N–H and O–H groups in total. The third-order valence-electron chi connectivity index (χ3n) is 4.29. The first kappa shape index (κ1) is 24.8. The van der Waals surface area contributed by atoms with Gasteiger partial charge in [-0.25, -0.2) is 16.8 Å². The van der Waals surface area contributed by atoms with Crippen LogP contribution in [0.3, 0.4) is 0 Å². The molecule has 34 heavy (non-hydrogen) atoms. The fraction of sp³-hybridized carbons (Fsp3) is 0.100. The number of nitrogens with zero attached hydrogens (tertiary/aromatic N) is 3. The number of anilines is 2. The number of aryl methyl sites for hydroxylation is 1. The second-order valence-electron chi connectivity index (χ2n) is 7.16. The van der Waals surface area contributed by atoms with Gasteiger partial charge in [-0.05, 0) is 61.0 Å². The van der Waals surface area contributed by atoms with E-state index in [9.17, 15) is 32.1 Å². The minimum atomic E-state index is -4.52. The summed E-state index contributed by atoms with van der Waals surface area (Å²) in [4.78, 5) is 10.1. The van der Waals surface area contributed by atoms with Crippen LogP contribution < -0.4 is 9.44 Å². The summed E-state index contributed by atoms with van der Waals surface area (Å²) in [5.74, 6) is -0.0165. The normalized spacial score (nSPS) is 12.1. The van der Waals surface area contributed by atoms with E-state index in [2.05, 4.69) is 15.5 Å². The monoisotopic (exact) mass is 505 g/mol. The summed E-state index contributed by atoms with van der Waals surface area (Å²) < 4.78 is 48.3. The Hall–Kier alpha value is -3.88. The number of phenols is 1. The lowest BCUT2D eigenvalue weighted by Gasteiger charge is -2.10. The molecular weight excluding hydrogens is 486 g/mol. The summed E-state index contributed by atoms with van der Waals surface area (Å²) >= 11 is 0. The van der Waals surface area contributed by atoms with Gasteiger partial charge in [0.1, 0.15) is 17.1 Å². The number of rotatable bonds is 8. The largest absolute Gasteiger partial charge is 0.506 e. The van der Waals surface area contributed by atoms with Crippen molar-refractivity contribution in [3.05, 3.63) is 76.3 Å². The minimum absolute atomic E-state index is 0.0117. The van der Waals surface area contributed by atoms with Crippen LogP contribution in [0, 0.1) is 17.0 Å². The standard InChI is InChI=1S/C20H19N5O7S2/c1-13-3-10-20(26)18(11-13)23-22-15-6-4-14(5-7-15)21-17-9-8-16(12-19(17)25(27)28)34(31,32)24-33(2,29)30/h3-12,21,24,26H,1-2H3. The highest BCUT2D eigenvalue weighted by Gasteiger charge is 2.24. The zero-order chi connectivity index (χ0) is 25.1. The van der Waals surface area contributed by atoms with Gasteiger partial charge in [-0.3, -0.25) is 10.1 Å². The number of hydrogen-bond acceptors (Lipinski definition) is 10. The second kappa shape index (κ2) is 9.54. The lowest BCUT2D eigenvalue weighted by atomic mass is 10.2. The van der Waals surface area contributed by atoms with E-state index < -0.39 is 35.6 Å². The SMILES string of the molecule is Cc1ccc(O)c(N=Nc2ccc(Nc3ccc(S(=O)(=O)NS(C)(=O)=O)cc3[N+](=O)[O-])cc2)c1. The molecule has 0 aliphatic heterocycles. The average Bonchev–Trinajstić information content (AvgIpc) is 2.73. The molecule has 0 fully saturated rings. The molecule has 0 radical (unpaired) electrons. The van der Waals surface area contributed by atoms with E-state index >= 15 is 0 Å². The molecule has 0 heterocycles. The van der Waals surface area contributed by atoms with Gasteiger partial charge in [0.25, 0.3) is 15.7 Å². The molecular formula is C20H19N5O7S2. The van der Waals surface area contributed by atoms with E-state index in [1.807, 2.05) is 6.92 Å². The number of benzene rings is 3. The van der Waals surface area contributed by atoms with Gasteiger partial charge >= 0.3 is 0 Å². The zero-order valence-electron chi connectivity index (χ0n) is 17.8. The number of nitrogens with one attached hydrogen (secondary N) is 2. The fourth-order valence-electron chi connectivity index (χ4n) is 2.77. The third kappa shape index (κ3) is 6.34. The van der Waals surface area contributed by atoms with Crippen molar-refractivity contribution in [2.24, 2.45) is 10.2 Å². The number of hydrogen-bond donors (Lipinski definition) is 3. The summed E-state index contributed by atoms with van der Waals surface area (Å²) in [5, 5.41) is 32.2. The van der Waals surface area contributed by atoms with Crippen LogP contribution in [0.25, 0.3) is 0 Å². The molecule has 0 amide bonds. The van der Waals surface area contributed by atoms with Crippen LogP contribution in [-0.4, -0.2) is 33.1 Å². The maximum Gasteiger partial charge on any atom is 0.294 e. The van der Waals surface area contributed by atoms with Crippen molar-refractivity contribution in [1.29, 1.82) is 0 Å². The van der Waals surface area contributed by atoms with Gasteiger partial charge in [0.05, 0.1) is 21.8 Å². The Labute approximate surface area is 195 Å². The van der Waals surface area contributed by atoms with Crippen molar-refractivity contribution in [3.8, 4) is 5.75 Å². The Balaban J connectivity index is 1.83. The van der Waals surface area contributed by atoms with E-state index in [4.69, 9.17) is 0 Å². The Morgan fingerprint density at radius 2 is 1.62 bits per heavy atom. The van der Waals surface area contributed by atoms with Crippen molar-refractivity contribution >= 4 is 48.5 Å². The van der Waals surface area contributed by atoms with Crippen LogP contribution in [0.1, 0.15) is 5.56 Å². The number of nitro groups is 1. The number of phenolic OH excluding ortho intramolecular Hbond substituents is 1. The summed E-state index contributed by atoms with van der Waals surface area (Å²) in [6, 6.07) is 14.2. The molecule has 14 heteroatoms. The lowest BCUT2D eigenvalue weighted by molar-refractivity contribution is -0.384. The van der Waals surface area contributed by atoms with Crippen molar-refractivity contribution < 1.29 is 26.9 Å². The van der Waals surface area contributed by atoms with Crippen molar-refractivity contribution in [2.75, 3.05) is 11.6 Å². The third-order valence-corrected chi connectivity index (χ3v) is 7.25. The summed E-state index contributed by atoms with van der Waals surface area (Å²) in [6.07, 6.45) is 0.654. The highest BCUT2D eigenvalue weighted by Crippen LogP contribution is 2.32. The van der Waals surface area contributed by atoms with Crippen molar-refractivity contribution in [2.45, 2.75) is 11.8 Å². The highest BCUT2D eigenvalue weighted by atomic mass is 32.3. The van der Waals surface area contributed by atoms with E-state index in [1.54, 1.807) is 36.4 Å². The topological polar surface area (TPSA) is 180 Å². The first-order chi connectivity index (χ1) is 15.8. The van der Waals surface area contributed by atoms with E-state index in [-0.39, 0.29) is 11.4 Å². The maximum absolute atomic E-state index is 12.2. The number of nitro benzene ring substituents is 1. The van der Waals surface area contributed by atoms with Gasteiger partial charge in [-0.2, -0.15) is 5.11 Å². The molecule has 0 aromatic heterocycles. The smallest absolute Gasteiger partial charge is 0.294 e. The summed E-state index contributed by atoms with van der Waals surface area (Å²) in [6.45, 7) is 1.85. The molecule has 0 spiro atoms. The minimum Gasteiger partial charge on any atom is -0.506 e. The molecule has 0 bridgehead atoms. The molecule has 0 aliphatic rings. The van der Waals surface area contributed by atoms with Crippen molar-refractivity contribution in [1.82, 2.24) is 4.13 Å².